The molecule has 0 spiro atoms. The van der Waals surface area contributed by atoms with Crippen LogP contribution >= 0.6 is 23.0 Å². The summed E-state index contributed by atoms with van der Waals surface area (Å²) in [6.45, 7) is 0.365. The molecule has 0 bridgehead atoms. The maximum atomic E-state index is 6.80. The van der Waals surface area contributed by atoms with Gasteiger partial charge in [0, 0.05) is 6.54 Å². The first-order valence-electron chi connectivity index (χ1n) is 15.7. The molecule has 1 heterocycles. The second-order valence-corrected chi connectivity index (χ2v) is 16.9. The van der Waals surface area contributed by atoms with Crippen molar-refractivity contribution in [2.45, 2.75) is 6.54 Å². The normalized spacial score (nSPS) is 17.1. The summed E-state index contributed by atoms with van der Waals surface area (Å²) in [4.78, 5) is 0. The number of hydrogen-bond donors (Lipinski definition) is 1. The van der Waals surface area contributed by atoms with Crippen molar-refractivity contribution in [2.24, 2.45) is 19.3 Å². The Bertz CT molecular complexity index is 2000. The van der Waals surface area contributed by atoms with E-state index >= 15 is 0 Å². The molecule has 13 heteroatoms. The lowest BCUT2D eigenvalue weighted by atomic mass is 10.2. The molecule has 0 fully saturated rings. The molecule has 0 saturated carbocycles. The van der Waals surface area contributed by atoms with E-state index in [1.807, 2.05) is 103 Å². The van der Waals surface area contributed by atoms with Crippen LogP contribution in [0.5, 0.6) is 34.5 Å². The highest BCUT2D eigenvalue weighted by atomic mass is 31.3. The van der Waals surface area contributed by atoms with Crippen LogP contribution in [0.15, 0.2) is 189 Å². The highest BCUT2D eigenvalue weighted by Gasteiger charge is 2.48. The molecule has 2 N–H and O–H groups in total. The second-order valence-electron chi connectivity index (χ2n) is 10.7. The Morgan fingerprint density at radius 3 is 0.760 bits per heavy atom. The number of rotatable bonds is 13. The topological polar surface area (TPSA) is 118 Å². The fourth-order valence-electron chi connectivity index (χ4n) is 4.67. The first-order chi connectivity index (χ1) is 24.5. The van der Waals surface area contributed by atoms with Crippen molar-refractivity contribution in [2.75, 3.05) is 0 Å². The van der Waals surface area contributed by atoms with Gasteiger partial charge in [-0.1, -0.05) is 117 Å². The van der Waals surface area contributed by atoms with Gasteiger partial charge in [-0.2, -0.15) is 0 Å². The fraction of sp³-hybridized carbons (Fsp3) is 0.0270. The van der Waals surface area contributed by atoms with Crippen molar-refractivity contribution in [1.82, 2.24) is 0 Å². The minimum absolute atomic E-state index is 0.365. The number of nitrogens with zero attached hydrogens (tertiary/aromatic N) is 3. The quantitative estimate of drug-likeness (QED) is 0.118. The van der Waals surface area contributed by atoms with Crippen LogP contribution in [0.4, 0.5) is 0 Å². The third-order valence-corrected chi connectivity index (χ3v) is 15.0. The van der Waals surface area contributed by atoms with Gasteiger partial charge >= 0.3 is 23.0 Å². The molecule has 0 amide bonds. The molecule has 0 aromatic heterocycles. The lowest BCUT2D eigenvalue weighted by Gasteiger charge is -2.33. The predicted molar refractivity (Wildman–Crippen MR) is 198 cm³/mol. The van der Waals surface area contributed by atoms with Crippen LogP contribution in [0, 0.1) is 0 Å². The number of benzene rings is 6. The van der Waals surface area contributed by atoms with E-state index in [0.29, 0.717) is 41.0 Å². The zero-order valence-electron chi connectivity index (χ0n) is 26.7. The summed E-state index contributed by atoms with van der Waals surface area (Å²) in [6.07, 6.45) is 0. The van der Waals surface area contributed by atoms with Crippen molar-refractivity contribution in [3.63, 3.8) is 0 Å². The van der Waals surface area contributed by atoms with E-state index in [-0.39, 0.29) is 0 Å². The minimum atomic E-state index is -3.92. The molecule has 50 heavy (non-hydrogen) atoms. The van der Waals surface area contributed by atoms with Gasteiger partial charge in [-0.15, -0.1) is 0 Å². The molecule has 1 aliphatic rings. The van der Waals surface area contributed by atoms with Crippen molar-refractivity contribution in [3.8, 4) is 34.5 Å². The lowest BCUT2D eigenvalue weighted by Crippen LogP contribution is -2.11. The zero-order valence-corrected chi connectivity index (χ0v) is 29.3. The summed E-state index contributed by atoms with van der Waals surface area (Å²) in [5.41, 5.74) is 6.83. The van der Waals surface area contributed by atoms with E-state index in [9.17, 15) is 0 Å². The number of hydrogen-bond acceptors (Lipinski definition) is 10. The molecule has 6 aromatic carbocycles. The molecular weight excluding hydrogens is 689 g/mol. The van der Waals surface area contributed by atoms with Crippen LogP contribution in [0.1, 0.15) is 5.56 Å². The molecule has 7 rings (SSSR count). The highest BCUT2D eigenvalue weighted by molar-refractivity contribution is 7.79. The molecule has 0 aliphatic carbocycles. The van der Waals surface area contributed by atoms with E-state index in [1.54, 1.807) is 72.8 Å². The summed E-state index contributed by atoms with van der Waals surface area (Å²) in [5.74, 6) is 2.69. The number of para-hydroxylation sites is 5. The lowest BCUT2D eigenvalue weighted by molar-refractivity contribution is 0.443. The molecule has 1 unspecified atom stereocenters. The maximum absolute atomic E-state index is 6.80. The van der Waals surface area contributed by atoms with Crippen molar-refractivity contribution in [3.05, 3.63) is 181 Å². The van der Waals surface area contributed by atoms with Crippen LogP contribution in [-0.4, -0.2) is 0 Å². The van der Waals surface area contributed by atoms with Crippen LogP contribution < -0.4 is 32.9 Å². The van der Waals surface area contributed by atoms with E-state index < -0.39 is 23.0 Å². The molecule has 1 atom stereocenters. The zero-order chi connectivity index (χ0) is 34.1. The largest absolute Gasteiger partial charge is 0.460 e. The Kier molecular flexibility index (Phi) is 10.1. The SMILES string of the molecule is NCc1ccc(OP2(Oc3ccccc3)=NP(Oc3ccccc3)(Oc3ccccc3)=NP(Oc3ccccc3)(Oc3ccccc3)=N2)cc1. The third-order valence-electron chi connectivity index (χ3n) is 6.90. The average molecular weight is 723 g/mol. The van der Waals surface area contributed by atoms with E-state index in [4.69, 9.17) is 46.4 Å². The molecule has 10 nitrogen and oxygen atoms in total. The summed E-state index contributed by atoms with van der Waals surface area (Å²) in [5, 5.41) is 0. The van der Waals surface area contributed by atoms with Gasteiger partial charge < -0.3 is 32.9 Å². The molecule has 1 aliphatic heterocycles. The second kappa shape index (κ2) is 15.1. The van der Waals surface area contributed by atoms with E-state index in [0.717, 1.165) is 5.56 Å². The minimum Gasteiger partial charge on any atom is -0.413 e. The smallest absolute Gasteiger partial charge is 0.413 e. The summed E-state index contributed by atoms with van der Waals surface area (Å²) >= 11 is 0. The molecule has 6 aromatic rings. The predicted octanol–water partition coefficient (Wildman–Crippen LogP) is 11.8. The van der Waals surface area contributed by atoms with E-state index in [1.165, 1.54) is 0 Å². The van der Waals surface area contributed by atoms with Crippen molar-refractivity contribution < 1.29 is 27.1 Å². The van der Waals surface area contributed by atoms with Crippen molar-refractivity contribution >= 4 is 23.0 Å². The van der Waals surface area contributed by atoms with Gasteiger partial charge in [0.05, 0.1) is 0 Å². The average Bonchev–Trinajstić information content (AvgIpc) is 3.13. The third kappa shape index (κ3) is 8.31. The van der Waals surface area contributed by atoms with Crippen LogP contribution in [0.2, 0.25) is 0 Å². The van der Waals surface area contributed by atoms with Gasteiger partial charge in [0.25, 0.3) is 0 Å². The Hall–Kier alpha value is -5.23. The standard InChI is InChI=1S/C37H33N4O6P3/c38-30-31-26-28-37(29-27-31)47-50(46-36-24-14-5-15-25-36)40-48(42-32-16-6-1-7-17-32,43-33-18-8-2-9-19-33)39-49(41-50,44-34-20-10-3-11-21-34)45-35-22-12-4-13-23-35/h1-29H,30,38H2. The summed E-state index contributed by atoms with van der Waals surface area (Å²) in [6, 6.07) is 53.3. The summed E-state index contributed by atoms with van der Waals surface area (Å²) in [7, 11) is -11.7. The molecular formula is C37H33N4O6P3. The molecule has 0 saturated heterocycles. The van der Waals surface area contributed by atoms with Crippen molar-refractivity contribution in [1.29, 1.82) is 0 Å². The van der Waals surface area contributed by atoms with Gasteiger partial charge in [0.15, 0.2) is 0 Å². The molecule has 252 valence electrons. The first-order valence-corrected chi connectivity index (χ1v) is 20.2. The Labute approximate surface area is 291 Å². The summed E-state index contributed by atoms with van der Waals surface area (Å²) < 4.78 is 56.2. The van der Waals surface area contributed by atoms with Crippen LogP contribution in [0.3, 0.4) is 0 Å². The number of nitrogens with two attached hydrogens (primary N) is 1. The van der Waals surface area contributed by atoms with Crippen LogP contribution in [0.25, 0.3) is 0 Å². The van der Waals surface area contributed by atoms with Gasteiger partial charge in [-0.25, -0.2) is 0 Å². The van der Waals surface area contributed by atoms with E-state index in [2.05, 4.69) is 0 Å². The Morgan fingerprint density at radius 1 is 0.320 bits per heavy atom. The Morgan fingerprint density at radius 2 is 0.540 bits per heavy atom. The highest BCUT2D eigenvalue weighted by Crippen LogP contribution is 2.78. The first kappa shape index (κ1) is 33.3. The Balaban J connectivity index is 1.55. The van der Waals surface area contributed by atoms with Crippen LogP contribution in [-0.2, 0) is 6.54 Å². The molecule has 0 radical (unpaired) electrons. The monoisotopic (exact) mass is 722 g/mol. The maximum Gasteiger partial charge on any atom is 0.460 e. The van der Waals surface area contributed by atoms with Gasteiger partial charge in [0.1, 0.15) is 34.5 Å². The fourth-order valence-corrected chi connectivity index (χ4v) is 13.7. The van der Waals surface area contributed by atoms with Gasteiger partial charge in [-0.3, -0.25) is 0 Å². The van der Waals surface area contributed by atoms with Gasteiger partial charge in [-0.05, 0) is 78.4 Å². The van der Waals surface area contributed by atoms with Gasteiger partial charge in [0.2, 0.25) is 0 Å².